The highest BCUT2D eigenvalue weighted by Gasteiger charge is 2.54. The Morgan fingerprint density at radius 2 is 1.46 bits per heavy atom. The lowest BCUT2D eigenvalue weighted by atomic mass is 9.83. The van der Waals surface area contributed by atoms with E-state index in [1.807, 2.05) is 41.3 Å². The molecule has 2 saturated heterocycles. The van der Waals surface area contributed by atoms with Crippen LogP contribution in [-0.4, -0.2) is 47.4 Å². The summed E-state index contributed by atoms with van der Waals surface area (Å²) in [5.74, 6) is -0.896. The number of benzene rings is 2. The third kappa shape index (κ3) is 3.14. The van der Waals surface area contributed by atoms with E-state index >= 15 is 0 Å². The van der Waals surface area contributed by atoms with Crippen molar-refractivity contribution in [1.29, 1.82) is 0 Å². The van der Waals surface area contributed by atoms with Crippen molar-refractivity contribution < 1.29 is 14.4 Å². The Kier molecular flexibility index (Phi) is 4.83. The molecule has 0 saturated carbocycles. The van der Waals surface area contributed by atoms with E-state index in [1.54, 1.807) is 24.3 Å². The molecule has 0 spiro atoms. The van der Waals surface area contributed by atoms with E-state index in [2.05, 4.69) is 10.7 Å². The van der Waals surface area contributed by atoms with Crippen molar-refractivity contribution in [2.75, 3.05) is 19.6 Å². The molecule has 7 heteroatoms. The lowest BCUT2D eigenvalue weighted by Gasteiger charge is -2.27. The summed E-state index contributed by atoms with van der Waals surface area (Å²) in [4.78, 5) is 40.5. The average Bonchev–Trinajstić information content (AvgIpc) is 3.31. The minimum atomic E-state index is -1.37. The second-order valence-electron chi connectivity index (χ2n) is 7.07. The maximum absolute atomic E-state index is 13.4. The van der Waals surface area contributed by atoms with Gasteiger partial charge in [-0.25, -0.2) is 4.79 Å². The molecule has 2 N–H and O–H groups in total. The molecule has 2 aliphatic heterocycles. The van der Waals surface area contributed by atoms with E-state index in [1.165, 1.54) is 0 Å². The van der Waals surface area contributed by atoms with Gasteiger partial charge in [-0.3, -0.25) is 19.9 Å². The van der Waals surface area contributed by atoms with Gasteiger partial charge in [0, 0.05) is 0 Å². The van der Waals surface area contributed by atoms with Crippen molar-refractivity contribution >= 4 is 17.8 Å². The summed E-state index contributed by atoms with van der Waals surface area (Å²) < 4.78 is 0. The van der Waals surface area contributed by atoms with Gasteiger partial charge in [0.1, 0.15) is 0 Å². The lowest BCUT2D eigenvalue weighted by molar-refractivity contribution is -0.138. The Labute approximate surface area is 163 Å². The van der Waals surface area contributed by atoms with Crippen LogP contribution in [0.1, 0.15) is 24.0 Å². The van der Waals surface area contributed by atoms with E-state index in [0.29, 0.717) is 11.1 Å². The van der Waals surface area contributed by atoms with Gasteiger partial charge in [0.2, 0.25) is 0 Å². The predicted molar refractivity (Wildman–Crippen MR) is 103 cm³/mol. The normalized spacial score (nSPS) is 18.9. The molecule has 0 aromatic heterocycles. The fraction of sp³-hybridized carbons (Fsp3) is 0.286. The molecule has 0 atom stereocenters. The number of likely N-dealkylation sites (tertiary alicyclic amines) is 1. The number of amides is 4. The zero-order valence-electron chi connectivity index (χ0n) is 15.4. The fourth-order valence-electron chi connectivity index (χ4n) is 3.87. The van der Waals surface area contributed by atoms with Crippen molar-refractivity contribution in [3.63, 3.8) is 0 Å². The molecule has 144 valence electrons. The number of hydrogen-bond acceptors (Lipinski definition) is 4. The first kappa shape index (κ1) is 18.2. The highest BCUT2D eigenvalue weighted by atomic mass is 16.2. The topological polar surface area (TPSA) is 81.8 Å². The highest BCUT2D eigenvalue weighted by molar-refractivity contribution is 6.10. The molecule has 2 aliphatic rings. The molecule has 0 unspecified atom stereocenters. The van der Waals surface area contributed by atoms with Gasteiger partial charge in [-0.2, -0.15) is 5.01 Å². The first-order valence-corrected chi connectivity index (χ1v) is 9.41. The van der Waals surface area contributed by atoms with Crippen LogP contribution in [0.2, 0.25) is 0 Å². The van der Waals surface area contributed by atoms with Gasteiger partial charge in [-0.15, -0.1) is 0 Å². The Bertz CT molecular complexity index is 840. The first-order valence-electron chi connectivity index (χ1n) is 9.41. The largest absolute Gasteiger partial charge is 0.344 e. The number of hydrazine groups is 1. The van der Waals surface area contributed by atoms with E-state index in [0.717, 1.165) is 30.9 Å². The zero-order valence-corrected chi connectivity index (χ0v) is 15.4. The molecule has 2 aromatic carbocycles. The summed E-state index contributed by atoms with van der Waals surface area (Å²) in [6.45, 7) is 1.87. The average molecular weight is 378 g/mol. The van der Waals surface area contributed by atoms with Gasteiger partial charge < -0.3 is 5.32 Å². The molecular weight excluding hydrogens is 356 g/mol. The van der Waals surface area contributed by atoms with Crippen LogP contribution >= 0.6 is 0 Å². The predicted octanol–water partition coefficient (Wildman–Crippen LogP) is 1.61. The smallest absolute Gasteiger partial charge is 0.314 e. The zero-order chi connectivity index (χ0) is 19.6. The molecule has 0 radical (unpaired) electrons. The van der Waals surface area contributed by atoms with Gasteiger partial charge in [0.25, 0.3) is 11.8 Å². The SMILES string of the molecule is O=C(CN1CCCC1)NN1C(=O)NC(c2ccccc2)(c2ccccc2)C1=O. The minimum absolute atomic E-state index is 0.167. The number of rotatable bonds is 5. The molecule has 2 heterocycles. The van der Waals surface area contributed by atoms with Crippen molar-refractivity contribution in [3.05, 3.63) is 71.8 Å². The Hall–Kier alpha value is -3.19. The number of carbonyl (C=O) groups is 3. The van der Waals surface area contributed by atoms with E-state index in [9.17, 15) is 14.4 Å². The second-order valence-corrected chi connectivity index (χ2v) is 7.07. The number of urea groups is 1. The Balaban J connectivity index is 1.64. The standard InChI is InChI=1S/C21H22N4O3/c26-18(15-24-13-7-8-14-24)23-25-19(27)21(22-20(25)28,16-9-3-1-4-10-16)17-11-5-2-6-12-17/h1-6,9-12H,7-8,13-15H2,(H,22,28)(H,23,26). The van der Waals surface area contributed by atoms with Crippen molar-refractivity contribution in [1.82, 2.24) is 20.7 Å². The molecule has 28 heavy (non-hydrogen) atoms. The van der Waals surface area contributed by atoms with Crippen molar-refractivity contribution in [3.8, 4) is 0 Å². The Morgan fingerprint density at radius 1 is 0.929 bits per heavy atom. The van der Waals surface area contributed by atoms with Crippen LogP contribution in [0.15, 0.2) is 60.7 Å². The summed E-state index contributed by atoms with van der Waals surface area (Å²) in [6, 6.07) is 17.5. The van der Waals surface area contributed by atoms with Gasteiger partial charge in [-0.1, -0.05) is 60.7 Å². The maximum atomic E-state index is 13.4. The molecule has 2 fully saturated rings. The first-order chi connectivity index (χ1) is 13.6. The van der Waals surface area contributed by atoms with Crippen LogP contribution < -0.4 is 10.7 Å². The number of nitrogens with one attached hydrogen (secondary N) is 2. The minimum Gasteiger partial charge on any atom is -0.314 e. The number of carbonyl (C=O) groups excluding carboxylic acids is 3. The summed E-state index contributed by atoms with van der Waals surface area (Å²) >= 11 is 0. The van der Waals surface area contributed by atoms with Crippen LogP contribution in [0.25, 0.3) is 0 Å². The van der Waals surface area contributed by atoms with Gasteiger partial charge in [-0.05, 0) is 37.1 Å². The number of nitrogens with zero attached hydrogens (tertiary/aromatic N) is 2. The highest BCUT2D eigenvalue weighted by Crippen LogP contribution is 2.35. The van der Waals surface area contributed by atoms with Crippen molar-refractivity contribution in [2.45, 2.75) is 18.4 Å². The van der Waals surface area contributed by atoms with Crippen LogP contribution in [0.4, 0.5) is 4.79 Å². The quantitative estimate of drug-likeness (QED) is 0.775. The molecular formula is C21H22N4O3. The van der Waals surface area contributed by atoms with Gasteiger partial charge in [0.15, 0.2) is 5.54 Å². The summed E-state index contributed by atoms with van der Waals surface area (Å²) in [6.07, 6.45) is 2.11. The lowest BCUT2D eigenvalue weighted by Crippen LogP contribution is -2.51. The second kappa shape index (κ2) is 7.44. The third-order valence-corrected chi connectivity index (χ3v) is 5.24. The summed E-state index contributed by atoms with van der Waals surface area (Å²) in [7, 11) is 0. The van der Waals surface area contributed by atoms with E-state index < -0.39 is 17.5 Å². The molecule has 0 aliphatic carbocycles. The van der Waals surface area contributed by atoms with Crippen LogP contribution in [0.3, 0.4) is 0 Å². The van der Waals surface area contributed by atoms with E-state index in [-0.39, 0.29) is 12.5 Å². The molecule has 4 amide bonds. The van der Waals surface area contributed by atoms with Crippen LogP contribution in [0.5, 0.6) is 0 Å². The maximum Gasteiger partial charge on any atom is 0.344 e. The summed E-state index contributed by atoms with van der Waals surface area (Å²) in [5.41, 5.74) is 2.39. The Morgan fingerprint density at radius 3 is 2.00 bits per heavy atom. The number of imide groups is 1. The van der Waals surface area contributed by atoms with Crippen molar-refractivity contribution in [2.24, 2.45) is 0 Å². The fourth-order valence-corrected chi connectivity index (χ4v) is 3.87. The van der Waals surface area contributed by atoms with Crippen LogP contribution in [-0.2, 0) is 15.1 Å². The molecule has 2 aromatic rings. The third-order valence-electron chi connectivity index (χ3n) is 5.24. The monoisotopic (exact) mass is 378 g/mol. The summed E-state index contributed by atoms with van der Waals surface area (Å²) in [5, 5.41) is 3.61. The van der Waals surface area contributed by atoms with E-state index in [4.69, 9.17) is 0 Å². The number of hydrogen-bond donors (Lipinski definition) is 2. The van der Waals surface area contributed by atoms with Crippen LogP contribution in [0, 0.1) is 0 Å². The van der Waals surface area contributed by atoms with Gasteiger partial charge in [0.05, 0.1) is 6.54 Å². The molecule has 4 rings (SSSR count). The molecule has 0 bridgehead atoms. The molecule has 7 nitrogen and oxygen atoms in total. The van der Waals surface area contributed by atoms with Gasteiger partial charge >= 0.3 is 6.03 Å².